The number of aromatic nitrogens is 2. The zero-order valence-corrected chi connectivity index (χ0v) is 10.8. The highest BCUT2D eigenvalue weighted by atomic mass is 35.5. The molecule has 0 spiro atoms. The molecule has 0 saturated heterocycles. The Hall–Kier alpha value is -1.48. The largest absolute Gasteiger partial charge is 0.382 e. The highest BCUT2D eigenvalue weighted by Crippen LogP contribution is 2.32. The van der Waals surface area contributed by atoms with E-state index in [0.29, 0.717) is 5.82 Å². The maximum Gasteiger partial charge on any atom is 0.149 e. The maximum atomic E-state index is 6.26. The van der Waals surface area contributed by atoms with Crippen LogP contribution in [0.1, 0.15) is 24.5 Å². The molecule has 0 radical (unpaired) electrons. The summed E-state index contributed by atoms with van der Waals surface area (Å²) in [6.07, 6.45) is 1.93. The standard InChI is InChI=1S/C13H16ClN3/c1-3-4-10-12(16-17-13(10)15)9-6-5-8(2)7-11(9)14/h5-7H,3-4H2,1-2H3,(H3,15,16,17). The molecule has 0 atom stereocenters. The van der Waals surface area contributed by atoms with Gasteiger partial charge in [0.25, 0.3) is 0 Å². The van der Waals surface area contributed by atoms with E-state index in [2.05, 4.69) is 17.1 Å². The van der Waals surface area contributed by atoms with Gasteiger partial charge in [0.05, 0.1) is 10.7 Å². The molecule has 0 aliphatic carbocycles. The molecule has 2 rings (SSSR count). The molecule has 0 bridgehead atoms. The molecule has 0 saturated carbocycles. The zero-order valence-electron chi connectivity index (χ0n) is 10.0. The number of aryl methyl sites for hydroxylation is 1. The number of aromatic amines is 1. The van der Waals surface area contributed by atoms with E-state index in [1.807, 2.05) is 25.1 Å². The fraction of sp³-hybridized carbons (Fsp3) is 0.308. The minimum Gasteiger partial charge on any atom is -0.382 e. The maximum absolute atomic E-state index is 6.26. The summed E-state index contributed by atoms with van der Waals surface area (Å²) in [7, 11) is 0. The predicted octanol–water partition coefficient (Wildman–Crippen LogP) is 3.57. The highest BCUT2D eigenvalue weighted by molar-refractivity contribution is 6.33. The lowest BCUT2D eigenvalue weighted by Crippen LogP contribution is -1.93. The van der Waals surface area contributed by atoms with Crippen molar-refractivity contribution >= 4 is 17.4 Å². The molecule has 1 aromatic carbocycles. The fourth-order valence-electron chi connectivity index (χ4n) is 1.93. The summed E-state index contributed by atoms with van der Waals surface area (Å²) in [5, 5.41) is 7.77. The van der Waals surface area contributed by atoms with Crippen molar-refractivity contribution in [2.45, 2.75) is 26.7 Å². The Bertz CT molecular complexity index is 531. The number of anilines is 1. The van der Waals surface area contributed by atoms with Gasteiger partial charge in [-0.3, -0.25) is 5.10 Å². The van der Waals surface area contributed by atoms with Gasteiger partial charge < -0.3 is 5.73 Å². The third kappa shape index (κ3) is 2.29. The van der Waals surface area contributed by atoms with Gasteiger partial charge in [0, 0.05) is 11.1 Å². The number of halogens is 1. The second kappa shape index (κ2) is 4.80. The van der Waals surface area contributed by atoms with E-state index >= 15 is 0 Å². The summed E-state index contributed by atoms with van der Waals surface area (Å²) < 4.78 is 0. The van der Waals surface area contributed by atoms with Crippen molar-refractivity contribution in [2.75, 3.05) is 5.73 Å². The van der Waals surface area contributed by atoms with Crippen molar-refractivity contribution in [1.82, 2.24) is 10.2 Å². The smallest absolute Gasteiger partial charge is 0.149 e. The molecule has 0 aliphatic heterocycles. The van der Waals surface area contributed by atoms with Gasteiger partial charge in [-0.15, -0.1) is 0 Å². The normalized spacial score (nSPS) is 10.8. The van der Waals surface area contributed by atoms with Crippen molar-refractivity contribution in [1.29, 1.82) is 0 Å². The SMILES string of the molecule is CCCc1c(N)n[nH]c1-c1ccc(C)cc1Cl. The Morgan fingerprint density at radius 2 is 2.18 bits per heavy atom. The minimum atomic E-state index is 0.568. The number of hydrogen-bond acceptors (Lipinski definition) is 2. The average molecular weight is 250 g/mol. The van der Waals surface area contributed by atoms with E-state index in [9.17, 15) is 0 Å². The first-order valence-electron chi connectivity index (χ1n) is 5.72. The van der Waals surface area contributed by atoms with Crippen molar-refractivity contribution in [3.8, 4) is 11.3 Å². The van der Waals surface area contributed by atoms with Crippen LogP contribution in [0.3, 0.4) is 0 Å². The highest BCUT2D eigenvalue weighted by Gasteiger charge is 2.14. The molecule has 3 N–H and O–H groups in total. The van der Waals surface area contributed by atoms with Gasteiger partial charge in [-0.05, 0) is 25.0 Å². The van der Waals surface area contributed by atoms with Gasteiger partial charge in [0.15, 0.2) is 0 Å². The van der Waals surface area contributed by atoms with Crippen LogP contribution >= 0.6 is 11.6 Å². The van der Waals surface area contributed by atoms with Crippen molar-refractivity contribution in [3.63, 3.8) is 0 Å². The first kappa shape index (κ1) is 12.0. The van der Waals surface area contributed by atoms with Crippen LogP contribution in [0, 0.1) is 6.92 Å². The van der Waals surface area contributed by atoms with Crippen LogP contribution in [-0.4, -0.2) is 10.2 Å². The molecule has 17 heavy (non-hydrogen) atoms. The summed E-state index contributed by atoms with van der Waals surface area (Å²) in [6, 6.07) is 5.99. The van der Waals surface area contributed by atoms with Crippen LogP contribution < -0.4 is 5.73 Å². The lowest BCUT2D eigenvalue weighted by Gasteiger charge is -2.06. The molecule has 4 heteroatoms. The van der Waals surface area contributed by atoms with Gasteiger partial charge >= 0.3 is 0 Å². The molecule has 1 heterocycles. The molecule has 0 fully saturated rings. The number of rotatable bonds is 3. The monoisotopic (exact) mass is 249 g/mol. The van der Waals surface area contributed by atoms with Gasteiger partial charge in [-0.25, -0.2) is 0 Å². The minimum absolute atomic E-state index is 0.568. The lowest BCUT2D eigenvalue weighted by molar-refractivity contribution is 0.927. The van der Waals surface area contributed by atoms with Crippen LogP contribution in [0.4, 0.5) is 5.82 Å². The van der Waals surface area contributed by atoms with Crippen LogP contribution in [0.5, 0.6) is 0 Å². The summed E-state index contributed by atoms with van der Waals surface area (Å²) in [4.78, 5) is 0. The molecule has 0 amide bonds. The molecule has 0 aliphatic rings. The molecule has 1 aromatic heterocycles. The van der Waals surface area contributed by atoms with Crippen molar-refractivity contribution < 1.29 is 0 Å². The Kier molecular flexibility index (Phi) is 3.38. The zero-order chi connectivity index (χ0) is 12.4. The van der Waals surface area contributed by atoms with Crippen LogP contribution in [0.25, 0.3) is 11.3 Å². The Balaban J connectivity index is 2.52. The third-order valence-corrected chi connectivity index (χ3v) is 3.11. The molecular weight excluding hydrogens is 234 g/mol. The van der Waals surface area contributed by atoms with E-state index in [-0.39, 0.29) is 0 Å². The number of nitrogens with one attached hydrogen (secondary N) is 1. The van der Waals surface area contributed by atoms with E-state index in [4.69, 9.17) is 17.3 Å². The van der Waals surface area contributed by atoms with E-state index in [1.165, 1.54) is 0 Å². The molecule has 2 aromatic rings. The van der Waals surface area contributed by atoms with Crippen LogP contribution in [-0.2, 0) is 6.42 Å². The predicted molar refractivity (Wildman–Crippen MR) is 72.2 cm³/mol. The summed E-state index contributed by atoms with van der Waals surface area (Å²) in [5.74, 6) is 0.568. The topological polar surface area (TPSA) is 54.7 Å². The number of nitrogens with two attached hydrogens (primary N) is 1. The average Bonchev–Trinajstić information content (AvgIpc) is 2.62. The first-order valence-corrected chi connectivity index (χ1v) is 6.10. The molecule has 90 valence electrons. The van der Waals surface area contributed by atoms with Crippen LogP contribution in [0.2, 0.25) is 5.02 Å². The number of nitrogen functional groups attached to an aromatic ring is 1. The summed E-state index contributed by atoms with van der Waals surface area (Å²) in [6.45, 7) is 4.14. The summed E-state index contributed by atoms with van der Waals surface area (Å²) >= 11 is 6.26. The Labute approximate surface area is 106 Å². The van der Waals surface area contributed by atoms with E-state index in [0.717, 1.165) is 40.2 Å². The number of hydrogen-bond donors (Lipinski definition) is 2. The summed E-state index contributed by atoms with van der Waals surface area (Å²) in [5.41, 5.74) is 9.96. The molecular formula is C13H16ClN3. The number of benzene rings is 1. The third-order valence-electron chi connectivity index (χ3n) is 2.79. The van der Waals surface area contributed by atoms with Crippen LogP contribution in [0.15, 0.2) is 18.2 Å². The first-order chi connectivity index (χ1) is 8.13. The fourth-order valence-corrected chi connectivity index (χ4v) is 2.26. The molecule has 0 unspecified atom stereocenters. The van der Waals surface area contributed by atoms with Crippen molar-refractivity contribution in [3.05, 3.63) is 34.3 Å². The molecule has 3 nitrogen and oxygen atoms in total. The van der Waals surface area contributed by atoms with E-state index < -0.39 is 0 Å². The van der Waals surface area contributed by atoms with Gasteiger partial charge in [-0.1, -0.05) is 37.1 Å². The van der Waals surface area contributed by atoms with E-state index in [1.54, 1.807) is 0 Å². The second-order valence-electron chi connectivity index (χ2n) is 4.20. The second-order valence-corrected chi connectivity index (χ2v) is 4.60. The Morgan fingerprint density at radius 3 is 2.82 bits per heavy atom. The Morgan fingerprint density at radius 1 is 1.41 bits per heavy atom. The van der Waals surface area contributed by atoms with Gasteiger partial charge in [-0.2, -0.15) is 5.10 Å². The quantitative estimate of drug-likeness (QED) is 0.874. The van der Waals surface area contributed by atoms with Crippen molar-refractivity contribution in [2.24, 2.45) is 0 Å². The number of H-pyrrole nitrogens is 1. The lowest BCUT2D eigenvalue weighted by atomic mass is 10.0. The van der Waals surface area contributed by atoms with Gasteiger partial charge in [0.1, 0.15) is 5.82 Å². The van der Waals surface area contributed by atoms with Gasteiger partial charge in [0.2, 0.25) is 0 Å². The number of nitrogens with zero attached hydrogens (tertiary/aromatic N) is 1.